The first-order valence-corrected chi connectivity index (χ1v) is 46.9. The van der Waals surface area contributed by atoms with Gasteiger partial charge in [-0.25, -0.2) is 0 Å². The summed E-state index contributed by atoms with van der Waals surface area (Å²) < 4.78 is 26.0. The SMILES string of the molecule is CN1C(=O)CC[C@H]1c1ccc[n+](C2OC(CO)C(O)C(O)C2O)c1.CN1C(=O)CC[C@H]1c1ccc[n+]([O-])c1.CN1C(=O)CC[C@H]1c1cccnc1.CN1C(=O)[C@H](O)C[C@H]1c1cccnc1.CN1C(=O)[C@H](OC2OC(CO)C(O)C(O)C2O)C[C@H]1c1cccnc1.CN1CCC[C@H]1c1ccc[n+](C2OC(CO)C(O)C(O)C2O)c1.CN1CCC[C@H]1c1cccnc1.C[N+]1([O-])CCC[C@H]1c1cccnc1. The van der Waals surface area contributed by atoms with Gasteiger partial charge in [0.25, 0.3) is 24.3 Å². The van der Waals surface area contributed by atoms with Gasteiger partial charge in [0.15, 0.2) is 55.7 Å². The van der Waals surface area contributed by atoms with Crippen LogP contribution in [-0.2, 0) is 42.9 Å². The lowest BCUT2D eigenvalue weighted by atomic mass is 9.98. The topological polar surface area (TPSA) is 530 Å². The van der Waals surface area contributed by atoms with Crippen LogP contribution in [0.15, 0.2) is 196 Å². The van der Waals surface area contributed by atoms with Crippen LogP contribution < -0.4 is 13.9 Å². The molecule has 0 bridgehead atoms. The quantitative estimate of drug-likeness (QED) is 0.0389. The van der Waals surface area contributed by atoms with Gasteiger partial charge < -0.3 is 125 Å². The van der Waals surface area contributed by atoms with Crippen molar-refractivity contribution in [3.05, 3.63) is 251 Å². The zero-order valence-electron chi connectivity index (χ0n) is 79.0. The molecule has 19 rings (SSSR count). The normalized spacial score (nSPS) is 32.3. The van der Waals surface area contributed by atoms with Gasteiger partial charge >= 0.3 is 0 Å². The molecule has 0 radical (unpaired) electrons. The van der Waals surface area contributed by atoms with Gasteiger partial charge in [-0.2, -0.15) is 13.9 Å². The second kappa shape index (κ2) is 49.6. The molecule has 748 valence electrons. The molecule has 138 heavy (non-hydrogen) atoms. The Bertz CT molecular complexity index is 5170. The van der Waals surface area contributed by atoms with Gasteiger partial charge in [0.2, 0.25) is 17.7 Å². The molecule has 11 saturated heterocycles. The summed E-state index contributed by atoms with van der Waals surface area (Å²) in [7, 11) is 14.8. The number of hydrogen-bond acceptors (Lipinski definition) is 31. The number of pyridine rings is 8. The van der Waals surface area contributed by atoms with Crippen LogP contribution in [0.5, 0.6) is 0 Å². The molecule has 11 aliphatic heterocycles. The van der Waals surface area contributed by atoms with Crippen LogP contribution in [0.2, 0.25) is 0 Å². The number of rotatable bonds is 15. The minimum atomic E-state index is -1.54. The highest BCUT2D eigenvalue weighted by molar-refractivity contribution is 5.84. The number of carbonyl (C=O) groups is 5. The van der Waals surface area contributed by atoms with Gasteiger partial charge in [-0.15, -0.1) is 0 Å². The summed E-state index contributed by atoms with van der Waals surface area (Å²) in [5.41, 5.74) is 8.33. The lowest BCUT2D eigenvalue weighted by Gasteiger charge is -2.40. The largest absolute Gasteiger partial charge is 0.633 e. The zero-order valence-corrected chi connectivity index (χ0v) is 79.0. The fraction of sp³-hybridized carbons (Fsp3) is 0.541. The Kier molecular flexibility index (Phi) is 38.2. The van der Waals surface area contributed by atoms with Crippen molar-refractivity contribution >= 4 is 29.5 Å². The summed E-state index contributed by atoms with van der Waals surface area (Å²) in [6, 6.07) is 31.6. The second-order valence-corrected chi connectivity index (χ2v) is 36.8. The molecule has 16 unspecified atom stereocenters. The molecule has 8 aromatic heterocycles. The number of carbonyl (C=O) groups excluding carboxylic acids is 5. The number of nitrogens with zero attached hydrogens (tertiary/aromatic N) is 16. The van der Waals surface area contributed by atoms with Crippen LogP contribution in [0.1, 0.15) is 195 Å². The van der Waals surface area contributed by atoms with E-state index < -0.39 is 124 Å². The molecular weight excluding hydrogens is 1790 g/mol. The molecule has 11 fully saturated rings. The summed E-state index contributed by atoms with van der Waals surface area (Å²) in [5.74, 6) is -0.0296. The number of ether oxygens (including phenoxy) is 4. The lowest BCUT2D eigenvalue weighted by molar-refractivity contribution is -0.878. The maximum Gasteiger partial charge on any atom is 0.292 e. The van der Waals surface area contributed by atoms with Crippen molar-refractivity contribution in [1.82, 2.24) is 59.2 Å². The minimum Gasteiger partial charge on any atom is -0.633 e. The standard InChI is InChI=1S/C16H22N2O7.C16H23N2O6.C16H25N2O5.2C10H12N2O2.C10H14N2O.C10H12N2O.C10H14N2/c1-18-9(8-3-2-4-17-6-8)5-10(15(18)23)24-16-14(22)13(21)12(20)11(7-19)25-16;1-17-10(4-5-12(17)20)9-3-2-6-18(7-9)16-15(23)14(22)13(21)11(8-19)24-16;1-17-6-3-5-11(17)10-4-2-7-18(8-10)16-15(22)14(21)13(20)12(9-19)23-16;1-11-9(4-5-10(11)13)8-3-2-6-12(14)7-8;1-12-8(5-9(13)10(12)14)7-3-2-4-11-6-7;1-12(13)7-3-5-10(12)9-4-2-6-11-8-9;1-12-9(4-5-10(12)13)8-3-2-6-11-7-8;1-12-7-3-5-10(12)9-4-2-6-11-8-9/h2-4,6,9-14,16,19-22H,5,7H2,1H3;2-3,6-7,10-11,13-16,19,21-23H,4-5,8H2,1H3;2,4,7-8,11-16,19-22H,3,5-6,9H2,1H3;2-3,6-7,9H,4-5H2,1H3;2-4,6,8-9,13H,5H2,1H3;2,4,6,8,10H,3,5,7H2,1H3;2-3,6-7,9H,4-5H2,1H3;2,4,6,8,10H,3,5,7H2,1H3/q;2*+1;;;;;/t9-,10+,11?,12?,13?,14?,16?;10-,11?,13?,14?,15?,16?;11-,12?,13?,14?,15?,16?;9-;8-,9+;10-,12?;9-;10-/m00000000/s1. The number of aliphatic hydroxyl groups excluding tert-OH is 13. The van der Waals surface area contributed by atoms with Crippen molar-refractivity contribution in [1.29, 1.82) is 0 Å². The smallest absolute Gasteiger partial charge is 0.292 e. The monoisotopic (exact) mass is 1920 g/mol. The molecule has 26 atom stereocenters. The number of likely N-dealkylation sites (tertiary alicyclic amines) is 8. The van der Waals surface area contributed by atoms with E-state index in [4.69, 9.17) is 18.9 Å². The summed E-state index contributed by atoms with van der Waals surface area (Å²) in [5, 5.41) is 150. The molecule has 40 nitrogen and oxygen atoms in total. The number of hydroxylamine groups is 3. The molecule has 0 aliphatic carbocycles. The van der Waals surface area contributed by atoms with Crippen LogP contribution in [0.4, 0.5) is 0 Å². The second-order valence-electron chi connectivity index (χ2n) is 36.8. The highest BCUT2D eigenvalue weighted by atomic mass is 16.7. The van der Waals surface area contributed by atoms with E-state index in [1.807, 2.05) is 111 Å². The van der Waals surface area contributed by atoms with Gasteiger partial charge in [0, 0.05) is 195 Å². The summed E-state index contributed by atoms with van der Waals surface area (Å²) in [6.45, 7) is 1.56. The van der Waals surface area contributed by atoms with E-state index in [2.05, 4.69) is 54.9 Å². The van der Waals surface area contributed by atoms with E-state index in [1.165, 1.54) is 42.2 Å². The first kappa shape index (κ1) is 106. The number of aliphatic hydroxyl groups is 13. The Labute approximate surface area is 802 Å². The molecule has 5 amide bonds. The molecule has 19 heterocycles. The average molecular weight is 1920 g/mol. The Hall–Kier alpha value is -10.5. The molecule has 40 heteroatoms. The summed E-state index contributed by atoms with van der Waals surface area (Å²) in [4.78, 5) is 91.3. The Balaban J connectivity index is 0.000000144. The van der Waals surface area contributed by atoms with Crippen molar-refractivity contribution < 1.29 is 128 Å². The van der Waals surface area contributed by atoms with Crippen LogP contribution in [0.25, 0.3) is 0 Å². The molecule has 8 aromatic rings. The molecule has 0 spiro atoms. The van der Waals surface area contributed by atoms with Crippen LogP contribution in [-0.4, -0.2) is 347 Å². The average Bonchev–Trinajstić information content (AvgIpc) is 1.16. The molecule has 13 N–H and O–H groups in total. The Morgan fingerprint density at radius 2 is 0.746 bits per heavy atom. The Morgan fingerprint density at radius 1 is 0.391 bits per heavy atom. The lowest BCUT2D eigenvalue weighted by Crippen LogP contribution is -2.62. The fourth-order valence-corrected chi connectivity index (χ4v) is 19.6. The molecule has 0 saturated carbocycles. The summed E-state index contributed by atoms with van der Waals surface area (Å²) >= 11 is 0. The Morgan fingerprint density at radius 3 is 1.11 bits per heavy atom. The van der Waals surface area contributed by atoms with E-state index in [9.17, 15) is 101 Å². The molecule has 11 aliphatic rings. The van der Waals surface area contributed by atoms with Gasteiger partial charge in [0.05, 0.1) is 63.6 Å². The predicted octanol–water partition coefficient (Wildman–Crippen LogP) is 1.17. The molecule has 0 aromatic carbocycles. The van der Waals surface area contributed by atoms with Crippen LogP contribution in [0, 0.1) is 10.4 Å². The van der Waals surface area contributed by atoms with Gasteiger partial charge in [-0.05, 0) is 143 Å². The van der Waals surface area contributed by atoms with E-state index in [-0.39, 0.29) is 70.4 Å². The van der Waals surface area contributed by atoms with E-state index in [1.54, 1.807) is 138 Å². The van der Waals surface area contributed by atoms with E-state index >= 15 is 0 Å². The van der Waals surface area contributed by atoms with Gasteiger partial charge in [-0.1, -0.05) is 30.3 Å². The third kappa shape index (κ3) is 26.0. The fourth-order valence-electron chi connectivity index (χ4n) is 19.6. The number of quaternary nitrogens is 1. The first-order chi connectivity index (χ1) is 66.1. The number of likely N-dealkylation sites (N-methyl/N-ethyl adjacent to an activating group) is 2. The minimum absolute atomic E-state index is 0.0359. The van der Waals surface area contributed by atoms with Crippen LogP contribution >= 0.6 is 0 Å². The first-order valence-electron chi connectivity index (χ1n) is 46.9. The van der Waals surface area contributed by atoms with Crippen molar-refractivity contribution in [3.8, 4) is 0 Å². The maximum atomic E-state index is 12.4. The van der Waals surface area contributed by atoms with Crippen molar-refractivity contribution in [2.75, 3.05) is 95.8 Å². The number of hydrogen-bond donors (Lipinski definition) is 13. The highest BCUT2D eigenvalue weighted by Crippen LogP contribution is 2.41. The predicted molar refractivity (Wildman–Crippen MR) is 493 cm³/mol. The summed E-state index contributed by atoms with van der Waals surface area (Å²) in [6.07, 6.45) is 19.1. The number of aromatic nitrogens is 8. The van der Waals surface area contributed by atoms with Crippen molar-refractivity contribution in [2.24, 2.45) is 0 Å². The highest BCUT2D eigenvalue weighted by Gasteiger charge is 2.52. The third-order valence-electron chi connectivity index (χ3n) is 27.8. The number of amides is 5. The van der Waals surface area contributed by atoms with Crippen molar-refractivity contribution in [2.45, 2.75) is 242 Å². The van der Waals surface area contributed by atoms with Gasteiger partial charge in [-0.3, -0.25) is 58.7 Å². The van der Waals surface area contributed by atoms with E-state index in [0.717, 1.165) is 95.3 Å². The van der Waals surface area contributed by atoms with Crippen molar-refractivity contribution in [3.63, 3.8) is 0 Å². The zero-order chi connectivity index (χ0) is 99.3. The third-order valence-corrected chi connectivity index (χ3v) is 27.8. The van der Waals surface area contributed by atoms with E-state index in [0.29, 0.717) is 50.6 Å². The maximum absolute atomic E-state index is 12.4. The van der Waals surface area contributed by atoms with Gasteiger partial charge in [0.1, 0.15) is 79.3 Å². The van der Waals surface area contributed by atoms with Crippen LogP contribution in [0.3, 0.4) is 0 Å². The molecular formula is C98H134N16O24+2.